The summed E-state index contributed by atoms with van der Waals surface area (Å²) in [6.45, 7) is 4.68. The maximum Gasteiger partial charge on any atom is 0.165 e. The number of para-hydroxylation sites is 1. The minimum atomic E-state index is -0.585. The zero-order chi connectivity index (χ0) is 14.5. The van der Waals surface area contributed by atoms with E-state index in [1.54, 1.807) is 12.1 Å². The predicted molar refractivity (Wildman–Crippen MR) is 74.8 cm³/mol. The second-order valence-corrected chi connectivity index (χ2v) is 4.82. The molecule has 0 fully saturated rings. The van der Waals surface area contributed by atoms with Crippen LogP contribution in [0, 0.1) is 11.6 Å². The van der Waals surface area contributed by atoms with Crippen LogP contribution < -0.4 is 10.1 Å². The highest BCUT2D eigenvalue weighted by Crippen LogP contribution is 2.28. The summed E-state index contributed by atoms with van der Waals surface area (Å²) in [6.07, 6.45) is 0. The minimum Gasteiger partial charge on any atom is -0.454 e. The maximum atomic E-state index is 13.6. The van der Waals surface area contributed by atoms with E-state index in [1.165, 1.54) is 0 Å². The van der Waals surface area contributed by atoms with Crippen molar-refractivity contribution < 1.29 is 13.5 Å². The van der Waals surface area contributed by atoms with Gasteiger partial charge in [0.05, 0.1) is 0 Å². The number of hydrogen-bond acceptors (Lipinski definition) is 2. The van der Waals surface area contributed by atoms with Crippen molar-refractivity contribution in [2.24, 2.45) is 0 Å². The van der Waals surface area contributed by atoms with Gasteiger partial charge in [0.1, 0.15) is 11.6 Å². The molecule has 2 aromatic carbocycles. The summed E-state index contributed by atoms with van der Waals surface area (Å²) >= 11 is 0. The molecular formula is C16H17F2NO. The molecule has 4 heteroatoms. The zero-order valence-electron chi connectivity index (χ0n) is 11.5. The van der Waals surface area contributed by atoms with E-state index in [2.05, 4.69) is 5.32 Å². The Hall–Kier alpha value is -1.94. The van der Waals surface area contributed by atoms with Crippen LogP contribution in [-0.2, 0) is 6.54 Å². The third-order valence-corrected chi connectivity index (χ3v) is 2.79. The molecule has 0 unspecified atom stereocenters. The number of halogens is 2. The first-order chi connectivity index (χ1) is 9.56. The molecule has 0 amide bonds. The molecule has 0 radical (unpaired) electrons. The Morgan fingerprint density at radius 2 is 1.80 bits per heavy atom. The number of rotatable bonds is 5. The first-order valence-corrected chi connectivity index (χ1v) is 6.50. The predicted octanol–water partition coefficient (Wildman–Crippen LogP) is 4.26. The van der Waals surface area contributed by atoms with E-state index >= 15 is 0 Å². The van der Waals surface area contributed by atoms with Gasteiger partial charge >= 0.3 is 0 Å². The third-order valence-electron chi connectivity index (χ3n) is 2.79. The molecular weight excluding hydrogens is 260 g/mol. The average molecular weight is 277 g/mol. The van der Waals surface area contributed by atoms with Gasteiger partial charge in [0, 0.05) is 24.2 Å². The van der Waals surface area contributed by atoms with Crippen molar-refractivity contribution in [2.45, 2.75) is 26.4 Å². The Balaban J connectivity index is 2.22. The number of ether oxygens (including phenoxy) is 1. The third kappa shape index (κ3) is 3.78. The molecule has 0 aliphatic carbocycles. The maximum absolute atomic E-state index is 13.6. The molecule has 0 spiro atoms. The first kappa shape index (κ1) is 14.5. The van der Waals surface area contributed by atoms with Crippen LogP contribution in [0.5, 0.6) is 11.5 Å². The van der Waals surface area contributed by atoms with Gasteiger partial charge in [-0.3, -0.25) is 0 Å². The van der Waals surface area contributed by atoms with E-state index in [1.807, 2.05) is 26.0 Å². The summed E-state index contributed by atoms with van der Waals surface area (Å²) in [4.78, 5) is 0. The average Bonchev–Trinajstić information content (AvgIpc) is 2.42. The van der Waals surface area contributed by atoms with Crippen molar-refractivity contribution in [3.05, 3.63) is 59.7 Å². The lowest BCUT2D eigenvalue weighted by Gasteiger charge is -2.13. The second kappa shape index (κ2) is 6.48. The molecule has 0 aliphatic rings. The van der Waals surface area contributed by atoms with Gasteiger partial charge < -0.3 is 10.1 Å². The van der Waals surface area contributed by atoms with E-state index in [9.17, 15) is 8.78 Å². The van der Waals surface area contributed by atoms with Gasteiger partial charge in [0.25, 0.3) is 0 Å². The summed E-state index contributed by atoms with van der Waals surface area (Å²) in [7, 11) is 0. The van der Waals surface area contributed by atoms with Gasteiger partial charge in [-0.2, -0.15) is 0 Å². The molecule has 0 bridgehead atoms. The summed E-state index contributed by atoms with van der Waals surface area (Å²) < 4.78 is 32.2. The molecule has 0 saturated carbocycles. The SMILES string of the molecule is CC(C)NCc1ccccc1Oc1cc(F)ccc1F. The lowest BCUT2D eigenvalue weighted by atomic mass is 10.2. The molecule has 1 N–H and O–H groups in total. The van der Waals surface area contributed by atoms with E-state index in [0.29, 0.717) is 18.3 Å². The van der Waals surface area contributed by atoms with Crippen molar-refractivity contribution in [1.82, 2.24) is 5.32 Å². The van der Waals surface area contributed by atoms with Crippen LogP contribution in [0.3, 0.4) is 0 Å². The highest BCUT2D eigenvalue weighted by atomic mass is 19.1. The fraction of sp³-hybridized carbons (Fsp3) is 0.250. The normalized spacial score (nSPS) is 10.8. The Kier molecular flexibility index (Phi) is 4.69. The van der Waals surface area contributed by atoms with Gasteiger partial charge in [-0.05, 0) is 18.2 Å². The van der Waals surface area contributed by atoms with Crippen LogP contribution >= 0.6 is 0 Å². The molecule has 2 rings (SSSR count). The number of nitrogens with one attached hydrogen (secondary N) is 1. The van der Waals surface area contributed by atoms with Crippen LogP contribution in [-0.4, -0.2) is 6.04 Å². The summed E-state index contributed by atoms with van der Waals surface area (Å²) in [5.41, 5.74) is 0.893. The van der Waals surface area contributed by atoms with Crippen molar-refractivity contribution >= 4 is 0 Å². The van der Waals surface area contributed by atoms with Crippen molar-refractivity contribution in [1.29, 1.82) is 0 Å². The van der Waals surface area contributed by atoms with Crippen LogP contribution in [0.2, 0.25) is 0 Å². The van der Waals surface area contributed by atoms with Gasteiger partial charge in [-0.25, -0.2) is 8.78 Å². The molecule has 2 aromatic rings. The largest absolute Gasteiger partial charge is 0.454 e. The highest BCUT2D eigenvalue weighted by Gasteiger charge is 2.09. The Bertz CT molecular complexity index is 584. The van der Waals surface area contributed by atoms with Crippen LogP contribution in [0.15, 0.2) is 42.5 Å². The van der Waals surface area contributed by atoms with E-state index < -0.39 is 11.6 Å². The van der Waals surface area contributed by atoms with E-state index in [0.717, 1.165) is 23.8 Å². The molecule has 106 valence electrons. The molecule has 2 nitrogen and oxygen atoms in total. The lowest BCUT2D eigenvalue weighted by molar-refractivity contribution is 0.429. The van der Waals surface area contributed by atoms with Crippen LogP contribution in [0.1, 0.15) is 19.4 Å². The summed E-state index contributed by atoms with van der Waals surface area (Å²) in [5, 5.41) is 3.27. The summed E-state index contributed by atoms with van der Waals surface area (Å²) in [5.74, 6) is -0.704. The molecule has 20 heavy (non-hydrogen) atoms. The molecule has 0 aliphatic heterocycles. The van der Waals surface area contributed by atoms with Crippen molar-refractivity contribution in [3.63, 3.8) is 0 Å². The fourth-order valence-corrected chi connectivity index (χ4v) is 1.74. The summed E-state index contributed by atoms with van der Waals surface area (Å²) in [6, 6.07) is 10.8. The fourth-order valence-electron chi connectivity index (χ4n) is 1.74. The van der Waals surface area contributed by atoms with E-state index in [-0.39, 0.29) is 5.75 Å². The first-order valence-electron chi connectivity index (χ1n) is 6.50. The molecule has 0 saturated heterocycles. The lowest BCUT2D eigenvalue weighted by Crippen LogP contribution is -2.22. The van der Waals surface area contributed by atoms with Crippen LogP contribution in [0.25, 0.3) is 0 Å². The quantitative estimate of drug-likeness (QED) is 0.882. The van der Waals surface area contributed by atoms with Gasteiger partial charge in [-0.15, -0.1) is 0 Å². The standard InChI is InChI=1S/C16H17F2NO/c1-11(2)19-10-12-5-3-4-6-15(12)20-16-9-13(17)7-8-14(16)18/h3-9,11,19H,10H2,1-2H3. The van der Waals surface area contributed by atoms with Gasteiger partial charge in [0.15, 0.2) is 11.6 Å². The minimum absolute atomic E-state index is 0.109. The topological polar surface area (TPSA) is 21.3 Å². The Labute approximate surface area is 117 Å². The molecule has 0 aromatic heterocycles. The number of benzene rings is 2. The molecule has 0 heterocycles. The smallest absolute Gasteiger partial charge is 0.165 e. The Morgan fingerprint density at radius 1 is 1.05 bits per heavy atom. The van der Waals surface area contributed by atoms with Gasteiger partial charge in [0.2, 0.25) is 0 Å². The van der Waals surface area contributed by atoms with Crippen molar-refractivity contribution in [3.8, 4) is 11.5 Å². The van der Waals surface area contributed by atoms with Crippen molar-refractivity contribution in [2.75, 3.05) is 0 Å². The Morgan fingerprint density at radius 3 is 2.55 bits per heavy atom. The number of hydrogen-bond donors (Lipinski definition) is 1. The monoisotopic (exact) mass is 277 g/mol. The highest BCUT2D eigenvalue weighted by molar-refractivity contribution is 5.38. The van der Waals surface area contributed by atoms with Gasteiger partial charge in [-0.1, -0.05) is 32.0 Å². The zero-order valence-corrected chi connectivity index (χ0v) is 11.5. The second-order valence-electron chi connectivity index (χ2n) is 4.82. The molecule has 0 atom stereocenters. The van der Waals surface area contributed by atoms with E-state index in [4.69, 9.17) is 4.74 Å². The van der Waals surface area contributed by atoms with Crippen LogP contribution in [0.4, 0.5) is 8.78 Å².